The van der Waals surface area contributed by atoms with Gasteiger partial charge in [0.25, 0.3) is 5.91 Å². The van der Waals surface area contributed by atoms with Crippen LogP contribution in [0.2, 0.25) is 0 Å². The predicted molar refractivity (Wildman–Crippen MR) is 95.2 cm³/mol. The minimum atomic E-state index is -3.92. The molecule has 2 N–H and O–H groups in total. The second kappa shape index (κ2) is 7.72. The van der Waals surface area contributed by atoms with Crippen LogP contribution in [0.5, 0.6) is 0 Å². The molecule has 0 atom stereocenters. The number of benzene rings is 2. The van der Waals surface area contributed by atoms with E-state index in [9.17, 15) is 22.8 Å². The number of hydrogen-bond acceptors (Lipinski definition) is 6. The fourth-order valence-electron chi connectivity index (χ4n) is 2.55. The lowest BCUT2D eigenvalue weighted by Gasteiger charge is -2.12. The van der Waals surface area contributed by atoms with Crippen LogP contribution in [0.3, 0.4) is 0 Å². The highest BCUT2D eigenvalue weighted by molar-refractivity contribution is 7.89. The van der Waals surface area contributed by atoms with Gasteiger partial charge >= 0.3 is 12.0 Å². The largest absolute Gasteiger partial charge is 0.455 e. The van der Waals surface area contributed by atoms with Crippen molar-refractivity contribution in [3.05, 3.63) is 42.5 Å². The first-order valence-electron chi connectivity index (χ1n) is 8.09. The number of imide groups is 1. The molecule has 3 amide bonds. The maximum absolute atomic E-state index is 12.3. The molecule has 1 saturated heterocycles. The van der Waals surface area contributed by atoms with Crippen molar-refractivity contribution in [3.63, 3.8) is 0 Å². The number of fused-ring (bicyclic) bond motifs is 1. The number of ether oxygens (including phenoxy) is 1. The summed E-state index contributed by atoms with van der Waals surface area (Å²) in [7, 11) is -3.92. The zero-order chi connectivity index (χ0) is 19.4. The van der Waals surface area contributed by atoms with Crippen LogP contribution in [0.1, 0.15) is 0 Å². The van der Waals surface area contributed by atoms with E-state index >= 15 is 0 Å². The number of carbonyl (C=O) groups is 3. The van der Waals surface area contributed by atoms with Crippen molar-refractivity contribution in [2.24, 2.45) is 0 Å². The third-order valence-electron chi connectivity index (χ3n) is 3.95. The summed E-state index contributed by atoms with van der Waals surface area (Å²) in [5, 5.41) is 4.08. The third kappa shape index (κ3) is 4.41. The van der Waals surface area contributed by atoms with Gasteiger partial charge in [0, 0.05) is 13.1 Å². The Hall–Kier alpha value is -2.98. The average molecular weight is 391 g/mol. The summed E-state index contributed by atoms with van der Waals surface area (Å²) >= 11 is 0. The van der Waals surface area contributed by atoms with Crippen LogP contribution in [0.15, 0.2) is 47.4 Å². The normalized spacial score (nSPS) is 14.2. The van der Waals surface area contributed by atoms with Gasteiger partial charge in [-0.1, -0.05) is 30.3 Å². The molecule has 0 spiro atoms. The van der Waals surface area contributed by atoms with Crippen LogP contribution in [0.25, 0.3) is 10.8 Å². The molecule has 2 aromatic carbocycles. The van der Waals surface area contributed by atoms with E-state index in [2.05, 4.69) is 10.0 Å². The number of nitrogens with zero attached hydrogens (tertiary/aromatic N) is 1. The Morgan fingerprint density at radius 3 is 2.59 bits per heavy atom. The Kier molecular flexibility index (Phi) is 5.38. The lowest BCUT2D eigenvalue weighted by molar-refractivity contribution is -0.149. The fourth-order valence-corrected chi connectivity index (χ4v) is 3.56. The number of hydrogen-bond donors (Lipinski definition) is 2. The van der Waals surface area contributed by atoms with Gasteiger partial charge < -0.3 is 10.1 Å². The molecule has 1 aliphatic heterocycles. The Morgan fingerprint density at radius 1 is 1.15 bits per heavy atom. The van der Waals surface area contributed by atoms with Gasteiger partial charge in [0.2, 0.25) is 10.0 Å². The molecular formula is C17H17N3O6S. The van der Waals surface area contributed by atoms with Crippen molar-refractivity contribution in [2.45, 2.75) is 4.90 Å². The van der Waals surface area contributed by atoms with Crippen LogP contribution < -0.4 is 10.0 Å². The number of urea groups is 1. The fraction of sp³-hybridized carbons (Fsp3) is 0.235. The van der Waals surface area contributed by atoms with Crippen LogP contribution in [0, 0.1) is 0 Å². The first kappa shape index (κ1) is 18.8. The Labute approximate surface area is 155 Å². The molecule has 1 aliphatic rings. The molecular weight excluding hydrogens is 374 g/mol. The molecule has 3 rings (SSSR count). The minimum Gasteiger partial charge on any atom is -0.455 e. The minimum absolute atomic E-state index is 0.0128. The van der Waals surface area contributed by atoms with E-state index in [4.69, 9.17) is 4.74 Å². The van der Waals surface area contributed by atoms with Crippen LogP contribution in [-0.2, 0) is 24.3 Å². The first-order chi connectivity index (χ1) is 12.9. The van der Waals surface area contributed by atoms with Gasteiger partial charge in [-0.3, -0.25) is 14.5 Å². The third-order valence-corrected chi connectivity index (χ3v) is 5.35. The van der Waals surface area contributed by atoms with E-state index < -0.39 is 41.1 Å². The molecule has 0 aromatic heterocycles. The Balaban J connectivity index is 1.55. The SMILES string of the molecule is O=C(CNS(=O)(=O)c1ccc2ccccc2c1)OCC(=O)N1CCNC1=O. The van der Waals surface area contributed by atoms with Crippen molar-refractivity contribution in [2.75, 3.05) is 26.2 Å². The summed E-state index contributed by atoms with van der Waals surface area (Å²) in [5.41, 5.74) is 0. The van der Waals surface area contributed by atoms with E-state index in [-0.39, 0.29) is 11.4 Å². The van der Waals surface area contributed by atoms with Crippen LogP contribution >= 0.6 is 0 Å². The zero-order valence-corrected chi connectivity index (χ0v) is 15.0. The van der Waals surface area contributed by atoms with Crippen molar-refractivity contribution in [1.29, 1.82) is 0 Å². The highest BCUT2D eigenvalue weighted by atomic mass is 32.2. The zero-order valence-electron chi connectivity index (χ0n) is 14.2. The molecule has 0 unspecified atom stereocenters. The molecule has 1 fully saturated rings. The number of sulfonamides is 1. The first-order valence-corrected chi connectivity index (χ1v) is 9.57. The van der Waals surface area contributed by atoms with Gasteiger partial charge in [0.05, 0.1) is 4.90 Å². The van der Waals surface area contributed by atoms with Gasteiger partial charge in [0.1, 0.15) is 6.54 Å². The van der Waals surface area contributed by atoms with Gasteiger partial charge in [-0.2, -0.15) is 4.72 Å². The van der Waals surface area contributed by atoms with Crippen LogP contribution in [-0.4, -0.2) is 57.5 Å². The van der Waals surface area contributed by atoms with E-state index in [1.54, 1.807) is 18.2 Å². The number of carbonyl (C=O) groups excluding carboxylic acids is 3. The topological polar surface area (TPSA) is 122 Å². The van der Waals surface area contributed by atoms with Crippen molar-refractivity contribution >= 4 is 38.7 Å². The smallest absolute Gasteiger partial charge is 0.324 e. The quantitative estimate of drug-likeness (QED) is 0.679. The molecule has 27 heavy (non-hydrogen) atoms. The number of amides is 3. The second-order valence-corrected chi connectivity index (χ2v) is 7.54. The number of nitrogens with one attached hydrogen (secondary N) is 2. The second-order valence-electron chi connectivity index (χ2n) is 5.77. The standard InChI is InChI=1S/C17H17N3O6S/c21-15(20-8-7-18-17(20)23)11-26-16(22)10-19-27(24,25)14-6-5-12-3-1-2-4-13(12)9-14/h1-6,9,19H,7-8,10-11H2,(H,18,23). The highest BCUT2D eigenvalue weighted by Gasteiger charge is 2.27. The molecule has 0 radical (unpaired) electrons. The molecule has 0 aliphatic carbocycles. The van der Waals surface area contributed by atoms with Crippen molar-refractivity contribution in [3.8, 4) is 0 Å². The maximum Gasteiger partial charge on any atom is 0.324 e. The molecule has 0 bridgehead atoms. The summed E-state index contributed by atoms with van der Waals surface area (Å²) in [6.07, 6.45) is 0. The Bertz CT molecular complexity index is 1000. The average Bonchev–Trinajstić information content (AvgIpc) is 3.10. The summed E-state index contributed by atoms with van der Waals surface area (Å²) in [5.74, 6) is -1.59. The van der Waals surface area contributed by atoms with Gasteiger partial charge in [-0.25, -0.2) is 13.2 Å². The number of esters is 1. The van der Waals surface area contributed by atoms with Crippen molar-refractivity contribution in [1.82, 2.24) is 14.9 Å². The highest BCUT2D eigenvalue weighted by Crippen LogP contribution is 2.18. The Morgan fingerprint density at radius 2 is 1.89 bits per heavy atom. The van der Waals surface area contributed by atoms with Crippen molar-refractivity contribution < 1.29 is 27.5 Å². The molecule has 0 saturated carbocycles. The number of rotatable bonds is 6. The van der Waals surface area contributed by atoms with Gasteiger partial charge in [-0.15, -0.1) is 0 Å². The summed E-state index contributed by atoms with van der Waals surface area (Å²) in [6.45, 7) is -0.730. The monoisotopic (exact) mass is 391 g/mol. The van der Waals surface area contributed by atoms with E-state index in [1.165, 1.54) is 12.1 Å². The molecule has 1 heterocycles. The maximum atomic E-state index is 12.3. The van der Waals surface area contributed by atoms with Gasteiger partial charge in [-0.05, 0) is 22.9 Å². The predicted octanol–water partition coefficient (Wildman–Crippen LogP) is 0.213. The summed E-state index contributed by atoms with van der Waals surface area (Å²) < 4.78 is 31.5. The summed E-state index contributed by atoms with van der Waals surface area (Å²) in [4.78, 5) is 35.7. The molecule has 10 heteroatoms. The van der Waals surface area contributed by atoms with E-state index in [1.807, 2.05) is 12.1 Å². The molecule has 2 aromatic rings. The van der Waals surface area contributed by atoms with Gasteiger partial charge in [0.15, 0.2) is 6.61 Å². The lowest BCUT2D eigenvalue weighted by Crippen LogP contribution is -2.38. The molecule has 142 valence electrons. The van der Waals surface area contributed by atoms with E-state index in [0.717, 1.165) is 15.7 Å². The lowest BCUT2D eigenvalue weighted by atomic mass is 10.1. The van der Waals surface area contributed by atoms with Crippen LogP contribution in [0.4, 0.5) is 4.79 Å². The molecule has 9 nitrogen and oxygen atoms in total. The summed E-state index contributed by atoms with van der Waals surface area (Å²) in [6, 6.07) is 11.3. The van der Waals surface area contributed by atoms with E-state index in [0.29, 0.717) is 6.54 Å².